The zero-order valence-electron chi connectivity index (χ0n) is 54.5. The molecule has 2 aliphatic carbocycles. The molecule has 5 aliphatic rings. The summed E-state index contributed by atoms with van der Waals surface area (Å²) in [4.78, 5) is 168. The standard InChI is InChI=1S/C65H89ClF5N11O11/c1-10-37(2)54-62(92)77(6)36-53(85)81-29-16-20-49(81)61(91)79(8)50(34-41-22-25-45(67)46(68)33-41)60(90)76(5)35-51(83)73-47(26-23-40-21-24-43(44(66)32-40)65(69,70)71)59(89)82-30-15-19-48(82)57(87)75-64(27-13-14-28-64)63(93)80(9)55(42-17-11-12-18-42)58(88)72-38(3)31-52(84)78(7)39(4)56(86)74-54/h21-22,24-25,32-33,37-39,42,47-50,54-55H,10-20,23,26-31,34-36H2,1-9H3,(H,72,88)(H,73,83)(H,74,86)(H,75,87)/t37-,38+,39-,47-,48-,49-,50-,54-,55-/m0/s1. The Hall–Kier alpha value is -7.45. The largest absolute Gasteiger partial charge is 0.417 e. The van der Waals surface area contributed by atoms with Gasteiger partial charge in [0.15, 0.2) is 11.6 Å². The van der Waals surface area contributed by atoms with Crippen LogP contribution in [0.5, 0.6) is 0 Å². The summed E-state index contributed by atoms with van der Waals surface area (Å²) in [5, 5.41) is 10.8. The molecule has 4 N–H and O–H groups in total. The van der Waals surface area contributed by atoms with Crippen molar-refractivity contribution in [3.63, 3.8) is 0 Å². The van der Waals surface area contributed by atoms with Gasteiger partial charge in [-0.1, -0.05) is 69.7 Å². The molecule has 22 nitrogen and oxygen atoms in total. The number of halogens is 6. The van der Waals surface area contributed by atoms with Crippen molar-refractivity contribution in [1.82, 2.24) is 55.6 Å². The van der Waals surface area contributed by atoms with Crippen molar-refractivity contribution in [2.45, 2.75) is 197 Å². The second-order valence-electron chi connectivity index (χ2n) is 26.1. The van der Waals surface area contributed by atoms with Gasteiger partial charge in [-0.2, -0.15) is 13.2 Å². The Morgan fingerprint density at radius 3 is 1.88 bits per heavy atom. The van der Waals surface area contributed by atoms with Crippen LogP contribution < -0.4 is 21.3 Å². The molecule has 3 aliphatic heterocycles. The minimum absolute atomic E-state index is 0.00468. The average Bonchev–Trinajstić information content (AvgIpc) is 1.73. The quantitative estimate of drug-likeness (QED) is 0.262. The van der Waals surface area contributed by atoms with Crippen LogP contribution in [0.1, 0.15) is 141 Å². The number of fused-ring (bicyclic) bond motifs is 2. The molecular formula is C65H89ClF5N11O11. The number of aryl methyl sites for hydroxylation is 1. The van der Waals surface area contributed by atoms with Crippen molar-refractivity contribution >= 4 is 76.6 Å². The maximum absolute atomic E-state index is 15.2. The zero-order valence-corrected chi connectivity index (χ0v) is 55.2. The van der Waals surface area contributed by atoms with Crippen molar-refractivity contribution in [2.24, 2.45) is 11.8 Å². The normalized spacial score (nSPS) is 27.0. The first-order valence-corrected chi connectivity index (χ1v) is 32.6. The van der Waals surface area contributed by atoms with Crippen LogP contribution in [0, 0.1) is 23.5 Å². The Balaban J connectivity index is 1.24. The molecule has 0 unspecified atom stereocenters. The number of rotatable bonds is 8. The average molecular weight is 1330 g/mol. The molecule has 0 bridgehead atoms. The molecule has 28 heteroatoms. The summed E-state index contributed by atoms with van der Waals surface area (Å²) >= 11 is 6.10. The Labute approximate surface area is 544 Å². The van der Waals surface area contributed by atoms with E-state index >= 15 is 9.59 Å². The van der Waals surface area contributed by atoms with E-state index in [1.807, 2.05) is 0 Å². The third-order valence-corrected chi connectivity index (χ3v) is 19.8. The van der Waals surface area contributed by atoms with E-state index < -0.39 is 173 Å². The highest BCUT2D eigenvalue weighted by Crippen LogP contribution is 2.38. The van der Waals surface area contributed by atoms with Gasteiger partial charge in [0.2, 0.25) is 65.0 Å². The number of likely N-dealkylation sites (N-methyl/N-ethyl adjacent to an activating group) is 5. The van der Waals surface area contributed by atoms with Gasteiger partial charge in [0, 0.05) is 67.2 Å². The van der Waals surface area contributed by atoms with E-state index in [4.69, 9.17) is 11.6 Å². The molecule has 93 heavy (non-hydrogen) atoms. The predicted molar refractivity (Wildman–Crippen MR) is 332 cm³/mol. The molecule has 7 rings (SSSR count). The maximum Gasteiger partial charge on any atom is 0.417 e. The SMILES string of the molecule is CC[C@H](C)[C@@H]1NC(=O)[C@H](C)N(C)C(=O)C[C@@H](C)NC(=O)[C@H](C2CCCC2)N(C)C(=O)C2(CCCC2)NC(=O)[C@@H]2CCCN2C(=O)[C@H](CCc2ccc(C(F)(F)F)c(Cl)c2)NC(=O)CN(C)C(=O)[C@H](Cc2ccc(F)c(F)c2)N(C)C(=O)[C@@H]2CCCN2C(=O)CN(C)C1=O. The molecule has 9 atom stereocenters. The van der Waals surface area contributed by atoms with Gasteiger partial charge in [0.1, 0.15) is 47.8 Å². The number of alkyl halides is 3. The number of hydrogen-bond acceptors (Lipinski definition) is 11. The highest BCUT2D eigenvalue weighted by molar-refractivity contribution is 6.31. The fraction of sp³-hybridized carbons (Fsp3) is 0.646. The number of hydrogen-bond donors (Lipinski definition) is 4. The monoisotopic (exact) mass is 1330 g/mol. The van der Waals surface area contributed by atoms with Crippen molar-refractivity contribution < 1.29 is 74.7 Å². The lowest BCUT2D eigenvalue weighted by Gasteiger charge is -2.40. The summed E-state index contributed by atoms with van der Waals surface area (Å²) in [6.45, 7) is 5.35. The lowest BCUT2D eigenvalue weighted by Crippen LogP contribution is -2.64. The molecular weight excluding hydrogens is 1240 g/mol. The van der Waals surface area contributed by atoms with Crippen LogP contribution in [0.2, 0.25) is 5.02 Å². The fourth-order valence-electron chi connectivity index (χ4n) is 13.7. The molecule has 1 spiro atoms. The first kappa shape index (κ1) is 73.0. The predicted octanol–water partition coefficient (Wildman–Crippen LogP) is 4.76. The van der Waals surface area contributed by atoms with Gasteiger partial charge in [0.25, 0.3) is 0 Å². The first-order chi connectivity index (χ1) is 43.8. The fourth-order valence-corrected chi connectivity index (χ4v) is 14.0. The maximum atomic E-state index is 15.2. The second-order valence-corrected chi connectivity index (χ2v) is 26.5. The Bertz CT molecular complexity index is 3150. The summed E-state index contributed by atoms with van der Waals surface area (Å²) in [6, 6.07) is -3.67. The van der Waals surface area contributed by atoms with Crippen molar-refractivity contribution in [3.8, 4) is 0 Å². The first-order valence-electron chi connectivity index (χ1n) is 32.2. The van der Waals surface area contributed by atoms with Crippen LogP contribution in [-0.4, -0.2) is 215 Å². The molecule has 2 aromatic rings. The third kappa shape index (κ3) is 17.3. The molecule has 512 valence electrons. The van der Waals surface area contributed by atoms with Gasteiger partial charge in [-0.3, -0.25) is 52.7 Å². The van der Waals surface area contributed by atoms with E-state index in [0.29, 0.717) is 44.9 Å². The molecule has 2 saturated carbocycles. The zero-order chi connectivity index (χ0) is 68.6. The van der Waals surface area contributed by atoms with Gasteiger partial charge in [-0.05, 0) is 125 Å². The number of amides is 11. The van der Waals surface area contributed by atoms with E-state index in [9.17, 15) is 65.1 Å². The Morgan fingerprint density at radius 1 is 0.634 bits per heavy atom. The van der Waals surface area contributed by atoms with Crippen LogP contribution in [0.4, 0.5) is 22.0 Å². The Kier molecular flexibility index (Phi) is 24.5. The van der Waals surface area contributed by atoms with Gasteiger partial charge >= 0.3 is 6.18 Å². The number of carbonyl (C=O) groups is 11. The molecule has 3 heterocycles. The number of nitrogens with one attached hydrogen (secondary N) is 4. The Morgan fingerprint density at radius 2 is 1.26 bits per heavy atom. The summed E-state index contributed by atoms with van der Waals surface area (Å²) in [5.41, 5.74) is -2.30. The molecule has 0 radical (unpaired) electrons. The summed E-state index contributed by atoms with van der Waals surface area (Å²) in [6.07, 6.45) is -0.375. The lowest BCUT2D eigenvalue weighted by molar-refractivity contribution is -0.151. The van der Waals surface area contributed by atoms with Gasteiger partial charge in [-0.25, -0.2) is 8.78 Å². The van der Waals surface area contributed by atoms with Crippen LogP contribution in [0.15, 0.2) is 36.4 Å². The van der Waals surface area contributed by atoms with Gasteiger partial charge < -0.3 is 55.6 Å². The molecule has 5 fully saturated rings. The van der Waals surface area contributed by atoms with E-state index in [-0.39, 0.29) is 75.1 Å². The van der Waals surface area contributed by atoms with Crippen LogP contribution in [0.25, 0.3) is 0 Å². The van der Waals surface area contributed by atoms with E-state index in [2.05, 4.69) is 21.3 Å². The molecule has 0 aromatic heterocycles. The number of nitrogens with zero attached hydrogens (tertiary/aromatic N) is 7. The third-order valence-electron chi connectivity index (χ3n) is 19.5. The molecule has 2 aromatic carbocycles. The highest BCUT2D eigenvalue weighted by Gasteiger charge is 2.51. The number of carbonyl (C=O) groups excluding carboxylic acids is 11. The van der Waals surface area contributed by atoms with Crippen LogP contribution >= 0.6 is 11.6 Å². The van der Waals surface area contributed by atoms with Crippen molar-refractivity contribution in [1.29, 1.82) is 0 Å². The van der Waals surface area contributed by atoms with E-state index in [1.54, 1.807) is 20.8 Å². The summed E-state index contributed by atoms with van der Waals surface area (Å²) < 4.78 is 70.5. The highest BCUT2D eigenvalue weighted by atomic mass is 35.5. The summed E-state index contributed by atoms with van der Waals surface area (Å²) in [7, 11) is 6.77. The number of benzene rings is 2. The smallest absolute Gasteiger partial charge is 0.351 e. The van der Waals surface area contributed by atoms with Crippen molar-refractivity contribution in [2.75, 3.05) is 61.4 Å². The van der Waals surface area contributed by atoms with Crippen LogP contribution in [-0.2, 0) is 71.8 Å². The van der Waals surface area contributed by atoms with E-state index in [1.165, 1.54) is 73.9 Å². The summed E-state index contributed by atoms with van der Waals surface area (Å²) in [5.74, 6) is -10.8. The van der Waals surface area contributed by atoms with Gasteiger partial charge in [-0.15, -0.1) is 0 Å². The molecule has 11 amide bonds. The van der Waals surface area contributed by atoms with Crippen molar-refractivity contribution in [3.05, 3.63) is 69.7 Å². The van der Waals surface area contributed by atoms with Crippen LogP contribution in [0.3, 0.4) is 0 Å². The minimum Gasteiger partial charge on any atom is -0.351 e. The second kappa shape index (κ2) is 31.2. The topological polar surface area (TPSA) is 259 Å². The van der Waals surface area contributed by atoms with E-state index in [0.717, 1.165) is 51.8 Å². The lowest BCUT2D eigenvalue weighted by atomic mass is 9.90. The molecule has 3 saturated heterocycles. The van der Waals surface area contributed by atoms with Gasteiger partial charge in [0.05, 0.1) is 23.7 Å². The minimum atomic E-state index is -4.78.